The van der Waals surface area contributed by atoms with Crippen LogP contribution < -0.4 is 10.5 Å². The lowest BCUT2D eigenvalue weighted by molar-refractivity contribution is -0.145. The first kappa shape index (κ1) is 19.5. The van der Waals surface area contributed by atoms with Gasteiger partial charge in [0.2, 0.25) is 0 Å². The van der Waals surface area contributed by atoms with Crippen LogP contribution in [0.4, 0.5) is 0 Å². The van der Waals surface area contributed by atoms with Crippen LogP contribution in [0.1, 0.15) is 34.1 Å². The van der Waals surface area contributed by atoms with Crippen molar-refractivity contribution in [2.45, 2.75) is 27.3 Å². The van der Waals surface area contributed by atoms with Gasteiger partial charge in [-0.05, 0) is 38.0 Å². The number of primary amides is 1. The van der Waals surface area contributed by atoms with E-state index in [4.69, 9.17) is 15.2 Å². The molecule has 0 bridgehead atoms. The van der Waals surface area contributed by atoms with Crippen molar-refractivity contribution < 1.29 is 19.1 Å². The number of amides is 1. The molecule has 0 aliphatic rings. The van der Waals surface area contributed by atoms with Crippen LogP contribution >= 0.6 is 0 Å². The molecule has 6 heteroatoms. The summed E-state index contributed by atoms with van der Waals surface area (Å²) in [6, 6.07) is 13.8. The van der Waals surface area contributed by atoms with Crippen molar-refractivity contribution in [3.05, 3.63) is 64.8 Å². The fraction of sp³-hybridized carbons (Fsp3) is 0.273. The molecule has 0 atom stereocenters. The van der Waals surface area contributed by atoms with E-state index in [9.17, 15) is 9.59 Å². The van der Waals surface area contributed by atoms with Crippen LogP contribution in [0.25, 0.3) is 10.9 Å². The second kappa shape index (κ2) is 8.17. The van der Waals surface area contributed by atoms with E-state index < -0.39 is 11.9 Å². The Balaban J connectivity index is 2.14. The molecule has 0 saturated carbocycles. The third-order valence-electron chi connectivity index (χ3n) is 4.71. The third-order valence-corrected chi connectivity index (χ3v) is 4.71. The maximum Gasteiger partial charge on any atom is 0.344 e. The number of carbonyl (C=O) groups excluding carboxylic acids is 2. The van der Waals surface area contributed by atoms with Crippen LogP contribution in [0.2, 0.25) is 0 Å². The Labute approximate surface area is 163 Å². The van der Waals surface area contributed by atoms with Gasteiger partial charge in [-0.1, -0.05) is 36.4 Å². The Hall–Kier alpha value is -3.28. The topological polar surface area (TPSA) is 83.6 Å². The second-order valence-electron chi connectivity index (χ2n) is 6.60. The van der Waals surface area contributed by atoms with Crippen molar-refractivity contribution in [1.82, 2.24) is 4.57 Å². The highest BCUT2D eigenvalue weighted by Gasteiger charge is 2.23. The first-order valence-electron chi connectivity index (χ1n) is 9.18. The second-order valence-corrected chi connectivity index (χ2v) is 6.60. The van der Waals surface area contributed by atoms with Gasteiger partial charge in [-0.15, -0.1) is 0 Å². The fourth-order valence-electron chi connectivity index (χ4n) is 3.43. The number of nitrogens with zero attached hydrogens (tertiary/aromatic N) is 1. The molecule has 146 valence electrons. The molecular formula is C22H24N2O4. The molecule has 1 amide bonds. The summed E-state index contributed by atoms with van der Waals surface area (Å²) in [5, 5.41) is 0.630. The summed E-state index contributed by atoms with van der Waals surface area (Å²) in [6.45, 7) is 6.13. The Morgan fingerprint density at radius 3 is 2.43 bits per heavy atom. The van der Waals surface area contributed by atoms with Gasteiger partial charge >= 0.3 is 5.97 Å². The van der Waals surface area contributed by atoms with Gasteiger partial charge in [0.1, 0.15) is 5.75 Å². The number of fused-ring (bicyclic) bond motifs is 1. The number of nitrogens with two attached hydrogens (primary N) is 1. The molecule has 1 aromatic heterocycles. The lowest BCUT2D eigenvalue weighted by Gasteiger charge is -2.12. The van der Waals surface area contributed by atoms with Crippen molar-refractivity contribution >= 4 is 22.8 Å². The summed E-state index contributed by atoms with van der Waals surface area (Å²) in [5.74, 6) is -0.505. The first-order chi connectivity index (χ1) is 13.4. The minimum absolute atomic E-state index is 0.227. The number of ether oxygens (including phenoxy) is 2. The standard InChI is InChI=1S/C22H24N2O4/c1-4-27-18(25)13-28-21-14(2)10-11-17-20(21)19(22(23)26)15(3)24(17)12-16-8-6-5-7-9-16/h5-11H,4,12-13H2,1-3H3,(H2,23,26). The van der Waals surface area contributed by atoms with Crippen LogP contribution in [0, 0.1) is 13.8 Å². The quantitative estimate of drug-likeness (QED) is 0.637. The molecule has 3 aromatic rings. The molecule has 0 aliphatic heterocycles. The monoisotopic (exact) mass is 380 g/mol. The van der Waals surface area contributed by atoms with Crippen LogP contribution in [-0.2, 0) is 16.1 Å². The Morgan fingerprint density at radius 1 is 1.07 bits per heavy atom. The molecule has 2 aromatic carbocycles. The zero-order chi connectivity index (χ0) is 20.3. The van der Waals surface area contributed by atoms with E-state index in [0.29, 0.717) is 23.2 Å². The largest absolute Gasteiger partial charge is 0.481 e. The van der Waals surface area contributed by atoms with Crippen molar-refractivity contribution in [3.8, 4) is 5.75 Å². The zero-order valence-corrected chi connectivity index (χ0v) is 16.3. The summed E-state index contributed by atoms with van der Waals surface area (Å²) in [6.07, 6.45) is 0. The van der Waals surface area contributed by atoms with Gasteiger partial charge < -0.3 is 19.8 Å². The molecule has 0 fully saturated rings. The number of hydrogen-bond acceptors (Lipinski definition) is 4. The van der Waals surface area contributed by atoms with E-state index in [-0.39, 0.29) is 13.2 Å². The molecule has 0 radical (unpaired) electrons. The highest BCUT2D eigenvalue weighted by molar-refractivity contribution is 6.10. The molecule has 1 heterocycles. The summed E-state index contributed by atoms with van der Waals surface area (Å²) >= 11 is 0. The lowest BCUT2D eigenvalue weighted by atomic mass is 10.1. The van der Waals surface area contributed by atoms with E-state index in [1.54, 1.807) is 6.92 Å². The lowest BCUT2D eigenvalue weighted by Crippen LogP contribution is -2.16. The van der Waals surface area contributed by atoms with Crippen LogP contribution in [0.3, 0.4) is 0 Å². The van der Waals surface area contributed by atoms with Gasteiger partial charge in [0, 0.05) is 12.2 Å². The third kappa shape index (κ3) is 3.71. The first-order valence-corrected chi connectivity index (χ1v) is 9.18. The summed E-state index contributed by atoms with van der Waals surface area (Å²) in [5.41, 5.74) is 9.64. The van der Waals surface area contributed by atoms with E-state index in [1.165, 1.54) is 0 Å². The van der Waals surface area contributed by atoms with Gasteiger partial charge in [0.05, 0.1) is 23.1 Å². The number of rotatable bonds is 7. The minimum atomic E-state index is -0.527. The Kier molecular flexibility index (Phi) is 5.68. The van der Waals surface area contributed by atoms with Gasteiger partial charge in [-0.2, -0.15) is 0 Å². The summed E-state index contributed by atoms with van der Waals surface area (Å²) < 4.78 is 12.8. The molecule has 0 aliphatic carbocycles. The molecule has 3 rings (SSSR count). The average Bonchev–Trinajstić information content (AvgIpc) is 2.94. The van der Waals surface area contributed by atoms with Crippen LogP contribution in [-0.4, -0.2) is 29.7 Å². The summed E-state index contributed by atoms with van der Waals surface area (Å²) in [4.78, 5) is 24.0. The van der Waals surface area contributed by atoms with Crippen molar-refractivity contribution in [2.24, 2.45) is 5.73 Å². The number of hydrogen-bond donors (Lipinski definition) is 1. The molecule has 2 N–H and O–H groups in total. The minimum Gasteiger partial charge on any atom is -0.481 e. The van der Waals surface area contributed by atoms with Crippen LogP contribution in [0.15, 0.2) is 42.5 Å². The van der Waals surface area contributed by atoms with Crippen LogP contribution in [0.5, 0.6) is 5.75 Å². The predicted octanol–water partition coefficient (Wildman–Crippen LogP) is 3.35. The number of carbonyl (C=O) groups is 2. The number of benzene rings is 2. The number of aryl methyl sites for hydroxylation is 1. The van der Waals surface area contributed by atoms with Gasteiger partial charge in [0.15, 0.2) is 6.61 Å². The Bertz CT molecular complexity index is 1020. The molecular weight excluding hydrogens is 356 g/mol. The molecule has 0 unspecified atom stereocenters. The Morgan fingerprint density at radius 2 is 1.79 bits per heavy atom. The summed E-state index contributed by atoms with van der Waals surface area (Å²) in [7, 11) is 0. The van der Waals surface area contributed by atoms with E-state index in [2.05, 4.69) is 0 Å². The van der Waals surface area contributed by atoms with Gasteiger partial charge in [-0.25, -0.2) is 4.79 Å². The normalized spacial score (nSPS) is 10.8. The zero-order valence-electron chi connectivity index (χ0n) is 16.3. The van der Waals surface area contributed by atoms with Gasteiger partial charge in [0.25, 0.3) is 5.91 Å². The van der Waals surface area contributed by atoms with E-state index in [1.807, 2.05) is 60.9 Å². The van der Waals surface area contributed by atoms with E-state index in [0.717, 1.165) is 22.3 Å². The maximum atomic E-state index is 12.3. The highest BCUT2D eigenvalue weighted by atomic mass is 16.6. The average molecular weight is 380 g/mol. The predicted molar refractivity (Wildman–Crippen MR) is 108 cm³/mol. The smallest absolute Gasteiger partial charge is 0.344 e. The molecule has 0 saturated heterocycles. The van der Waals surface area contributed by atoms with Crippen molar-refractivity contribution in [2.75, 3.05) is 13.2 Å². The molecule has 6 nitrogen and oxygen atoms in total. The highest BCUT2D eigenvalue weighted by Crippen LogP contribution is 2.36. The maximum absolute atomic E-state index is 12.3. The molecule has 28 heavy (non-hydrogen) atoms. The van der Waals surface area contributed by atoms with Gasteiger partial charge in [-0.3, -0.25) is 4.79 Å². The molecule has 0 spiro atoms. The van der Waals surface area contributed by atoms with E-state index >= 15 is 0 Å². The van der Waals surface area contributed by atoms with Crippen molar-refractivity contribution in [3.63, 3.8) is 0 Å². The number of aromatic nitrogens is 1. The SMILES string of the molecule is CCOC(=O)COc1c(C)ccc2c1c(C(N)=O)c(C)n2Cc1ccccc1. The fourth-order valence-corrected chi connectivity index (χ4v) is 3.43. The van der Waals surface area contributed by atoms with Crippen molar-refractivity contribution in [1.29, 1.82) is 0 Å². The number of esters is 1.